The Morgan fingerprint density at radius 1 is 0.632 bits per heavy atom. The third-order valence-corrected chi connectivity index (χ3v) is 4.68. The number of hydrogen-bond acceptors (Lipinski definition) is 11. The van der Waals surface area contributed by atoms with Gasteiger partial charge in [0.1, 0.15) is 18.6 Å². The number of amides is 6. The maximum atomic E-state index is 12.1. The normalized spacial score (nSPS) is 12.7. The fraction of sp³-hybridized carbons (Fsp3) is 0.650. The molecule has 18 nitrogen and oxygen atoms in total. The minimum Gasteiger partial charge on any atom is -0.480 e. The number of aliphatic carboxylic acids is 1. The molecule has 0 saturated carbocycles. The molecular weight excluding hydrogens is 512 g/mol. The van der Waals surface area contributed by atoms with Gasteiger partial charge in [0, 0.05) is 0 Å². The van der Waals surface area contributed by atoms with E-state index < -0.39 is 98.9 Å². The fourth-order valence-corrected chi connectivity index (χ4v) is 2.63. The van der Waals surface area contributed by atoms with E-state index in [1.165, 1.54) is 0 Å². The first-order chi connectivity index (χ1) is 17.9. The Morgan fingerprint density at radius 2 is 1.08 bits per heavy atom. The van der Waals surface area contributed by atoms with Crippen LogP contribution in [-0.2, 0) is 33.6 Å². The van der Waals surface area contributed by atoms with Gasteiger partial charge >= 0.3 is 5.97 Å². The first-order valence-electron chi connectivity index (χ1n) is 11.5. The lowest BCUT2D eigenvalue weighted by Crippen LogP contribution is -2.55. The van der Waals surface area contributed by atoms with Crippen LogP contribution in [0.15, 0.2) is 0 Å². The molecule has 0 rings (SSSR count). The van der Waals surface area contributed by atoms with Crippen LogP contribution in [0.5, 0.6) is 0 Å². The summed E-state index contributed by atoms with van der Waals surface area (Å²) in [4.78, 5) is 81.9. The molecule has 0 aliphatic heterocycles. The molecule has 0 heterocycles. The Kier molecular flexibility index (Phi) is 17.3. The number of hydrogen-bond donors (Lipinski definition) is 11. The zero-order valence-corrected chi connectivity index (χ0v) is 20.7. The summed E-state index contributed by atoms with van der Waals surface area (Å²) in [6.45, 7) is -3.73. The van der Waals surface area contributed by atoms with Crippen LogP contribution in [0.25, 0.3) is 0 Å². The maximum absolute atomic E-state index is 12.1. The van der Waals surface area contributed by atoms with Crippen LogP contribution in [0.2, 0.25) is 0 Å². The van der Waals surface area contributed by atoms with Crippen molar-refractivity contribution >= 4 is 41.4 Å². The predicted octanol–water partition coefficient (Wildman–Crippen LogP) is -7.05. The SMILES string of the molecule is NCCCC[C@H](N)C(=O)NCC(=O)NCC(=O)N[C@@H](CO)C(=O)NCC(=O)N[C@@H](CO)C(=O)NCC(=O)O. The molecule has 38 heavy (non-hydrogen) atoms. The second kappa shape index (κ2) is 19.3. The Bertz CT molecular complexity index is 841. The van der Waals surface area contributed by atoms with Gasteiger partial charge in [0.15, 0.2) is 0 Å². The maximum Gasteiger partial charge on any atom is 0.322 e. The molecule has 0 bridgehead atoms. The molecular formula is C20H36N8O10. The lowest BCUT2D eigenvalue weighted by atomic mass is 10.1. The van der Waals surface area contributed by atoms with Crippen molar-refractivity contribution in [2.75, 3.05) is 45.9 Å². The highest BCUT2D eigenvalue weighted by atomic mass is 16.4. The van der Waals surface area contributed by atoms with Crippen molar-refractivity contribution in [2.24, 2.45) is 11.5 Å². The number of aliphatic hydroxyl groups is 2. The smallest absolute Gasteiger partial charge is 0.322 e. The Morgan fingerprint density at radius 3 is 1.55 bits per heavy atom. The van der Waals surface area contributed by atoms with E-state index >= 15 is 0 Å². The minimum atomic E-state index is -1.49. The van der Waals surface area contributed by atoms with Crippen molar-refractivity contribution in [3.8, 4) is 0 Å². The Labute approximate surface area is 217 Å². The number of rotatable bonds is 19. The number of carbonyl (C=O) groups is 7. The van der Waals surface area contributed by atoms with Crippen LogP contribution in [0.4, 0.5) is 0 Å². The van der Waals surface area contributed by atoms with Gasteiger partial charge in [-0.2, -0.15) is 0 Å². The summed E-state index contributed by atoms with van der Waals surface area (Å²) in [5, 5.41) is 39.8. The van der Waals surface area contributed by atoms with Crippen molar-refractivity contribution in [1.29, 1.82) is 0 Å². The van der Waals surface area contributed by atoms with E-state index in [2.05, 4.69) is 26.6 Å². The highest BCUT2D eigenvalue weighted by molar-refractivity contribution is 5.94. The molecule has 18 heteroatoms. The van der Waals surface area contributed by atoms with E-state index in [0.717, 1.165) is 0 Å². The molecule has 0 aromatic rings. The first-order valence-corrected chi connectivity index (χ1v) is 11.5. The number of carboxylic acids is 1. The summed E-state index contributed by atoms with van der Waals surface area (Å²) in [5.74, 6) is -6.34. The minimum absolute atomic E-state index is 0.392. The van der Waals surface area contributed by atoms with Gasteiger partial charge in [-0.15, -0.1) is 0 Å². The highest BCUT2D eigenvalue weighted by Gasteiger charge is 2.23. The zero-order chi connectivity index (χ0) is 29.1. The molecule has 0 aromatic carbocycles. The lowest BCUT2D eigenvalue weighted by molar-refractivity contribution is -0.138. The molecule has 216 valence electrons. The van der Waals surface area contributed by atoms with Gasteiger partial charge < -0.3 is 58.7 Å². The molecule has 0 aromatic heterocycles. The number of carbonyl (C=O) groups excluding carboxylic acids is 6. The fourth-order valence-electron chi connectivity index (χ4n) is 2.63. The third-order valence-electron chi connectivity index (χ3n) is 4.68. The van der Waals surface area contributed by atoms with Crippen LogP contribution in [0.3, 0.4) is 0 Å². The lowest BCUT2D eigenvalue weighted by Gasteiger charge is -2.18. The van der Waals surface area contributed by atoms with Gasteiger partial charge in [-0.3, -0.25) is 33.6 Å². The number of nitrogens with two attached hydrogens (primary N) is 2. The van der Waals surface area contributed by atoms with Gasteiger partial charge in [-0.25, -0.2) is 0 Å². The summed E-state index contributed by atoms with van der Waals surface area (Å²) in [6, 6.07) is -3.79. The van der Waals surface area contributed by atoms with E-state index in [-0.39, 0.29) is 0 Å². The van der Waals surface area contributed by atoms with E-state index in [0.29, 0.717) is 25.8 Å². The van der Waals surface area contributed by atoms with Crippen LogP contribution < -0.4 is 43.4 Å². The number of carboxylic acid groups (broad SMARTS) is 1. The van der Waals surface area contributed by atoms with Gasteiger partial charge in [-0.05, 0) is 19.4 Å². The first kappa shape index (κ1) is 34.1. The molecule has 0 fully saturated rings. The van der Waals surface area contributed by atoms with E-state index in [4.69, 9.17) is 16.6 Å². The van der Waals surface area contributed by atoms with Crippen molar-refractivity contribution < 1.29 is 48.9 Å². The summed E-state index contributed by atoms with van der Waals surface area (Å²) in [7, 11) is 0. The average molecular weight is 549 g/mol. The van der Waals surface area contributed by atoms with Gasteiger partial charge in [0.05, 0.1) is 38.9 Å². The molecule has 6 amide bonds. The quantitative estimate of drug-likeness (QED) is 0.0671. The summed E-state index contributed by atoms with van der Waals surface area (Å²) < 4.78 is 0. The molecule has 0 unspecified atom stereocenters. The molecule has 13 N–H and O–H groups in total. The summed E-state index contributed by atoms with van der Waals surface area (Å²) in [6.07, 6.45) is 1.75. The molecule has 0 aliphatic rings. The number of nitrogens with one attached hydrogen (secondary N) is 6. The van der Waals surface area contributed by atoms with Gasteiger partial charge in [0.2, 0.25) is 35.4 Å². The van der Waals surface area contributed by atoms with Crippen molar-refractivity contribution in [3.63, 3.8) is 0 Å². The van der Waals surface area contributed by atoms with E-state index in [9.17, 15) is 43.8 Å². The molecule has 0 saturated heterocycles. The predicted molar refractivity (Wildman–Crippen MR) is 129 cm³/mol. The van der Waals surface area contributed by atoms with Crippen LogP contribution in [0, 0.1) is 0 Å². The van der Waals surface area contributed by atoms with Crippen LogP contribution in [0.1, 0.15) is 19.3 Å². The summed E-state index contributed by atoms with van der Waals surface area (Å²) in [5.41, 5.74) is 11.1. The second-order valence-electron chi connectivity index (χ2n) is 7.82. The van der Waals surface area contributed by atoms with Crippen LogP contribution in [-0.4, -0.2) is 121 Å². The third kappa shape index (κ3) is 15.3. The van der Waals surface area contributed by atoms with E-state index in [1.807, 2.05) is 5.32 Å². The van der Waals surface area contributed by atoms with Crippen molar-refractivity contribution in [2.45, 2.75) is 37.4 Å². The Balaban J connectivity index is 4.43. The van der Waals surface area contributed by atoms with Gasteiger partial charge in [0.25, 0.3) is 0 Å². The summed E-state index contributed by atoms with van der Waals surface area (Å²) >= 11 is 0. The second-order valence-corrected chi connectivity index (χ2v) is 7.82. The molecule has 0 aliphatic carbocycles. The number of aliphatic hydroxyl groups excluding tert-OH is 2. The van der Waals surface area contributed by atoms with Crippen molar-refractivity contribution in [3.05, 3.63) is 0 Å². The van der Waals surface area contributed by atoms with E-state index in [1.54, 1.807) is 0 Å². The number of unbranched alkanes of at least 4 members (excludes halogenated alkanes) is 1. The molecule has 3 atom stereocenters. The standard InChI is InChI=1S/C20H36N8O10/c21-4-2-1-3-11(22)18(36)24-5-14(31)23-6-15(32)27-12(9-29)19(37)25-7-16(33)28-13(10-30)20(38)26-8-17(34)35/h11-13,29-30H,1-10,21-22H2,(H,23,31)(H,24,36)(H,25,37)(H,26,38)(H,27,32)(H,28,33)(H,34,35)/t11-,12-,13-/m0/s1. The largest absolute Gasteiger partial charge is 0.480 e. The highest BCUT2D eigenvalue weighted by Crippen LogP contribution is 1.97. The van der Waals surface area contributed by atoms with Crippen LogP contribution >= 0.6 is 0 Å². The topological polar surface area (TPSA) is 304 Å². The Hall–Kier alpha value is -3.87. The molecule has 0 spiro atoms. The van der Waals surface area contributed by atoms with Gasteiger partial charge in [-0.1, -0.05) is 6.42 Å². The monoisotopic (exact) mass is 548 g/mol. The molecule has 0 radical (unpaired) electrons. The average Bonchev–Trinajstić information content (AvgIpc) is 2.89. The zero-order valence-electron chi connectivity index (χ0n) is 20.7. The van der Waals surface area contributed by atoms with Crippen molar-refractivity contribution in [1.82, 2.24) is 31.9 Å².